The van der Waals surface area contributed by atoms with Gasteiger partial charge < -0.3 is 15.2 Å². The summed E-state index contributed by atoms with van der Waals surface area (Å²) in [6.45, 7) is 0.0320. The number of hydrogen-bond acceptors (Lipinski definition) is 5. The number of hydrazone groups is 1. The van der Waals surface area contributed by atoms with Crippen LogP contribution in [0.4, 0.5) is 5.69 Å². The van der Waals surface area contributed by atoms with Gasteiger partial charge in [0.1, 0.15) is 5.75 Å². The zero-order valence-electron chi connectivity index (χ0n) is 13.0. The molecular weight excluding hydrogens is 310 g/mol. The van der Waals surface area contributed by atoms with Crippen LogP contribution in [0.25, 0.3) is 0 Å². The summed E-state index contributed by atoms with van der Waals surface area (Å²) in [6.07, 6.45) is 1.30. The number of rotatable bonds is 7. The molecule has 0 fully saturated rings. The number of carbonyl (C=O) groups is 2. The molecule has 2 aromatic carbocycles. The number of aromatic carboxylic acids is 1. The van der Waals surface area contributed by atoms with Crippen molar-refractivity contribution in [3.8, 4) is 5.75 Å². The Balaban J connectivity index is 1.85. The molecule has 0 unspecified atom stereocenters. The normalized spacial score (nSPS) is 10.4. The Morgan fingerprint density at radius 3 is 2.54 bits per heavy atom. The van der Waals surface area contributed by atoms with Crippen molar-refractivity contribution in [2.75, 3.05) is 19.0 Å². The van der Waals surface area contributed by atoms with E-state index in [0.717, 1.165) is 11.4 Å². The molecule has 0 saturated carbocycles. The molecule has 0 saturated heterocycles. The standard InChI is InChI=1S/C17H17N3O4/c1-24-14-8-6-13(7-9-14)18-11-16(21)20-19-10-12-4-2-3-5-15(12)17(22)23/h2-10,18H,11H2,1H3,(H,20,21)(H,22,23)/b19-10+. The molecule has 0 aromatic heterocycles. The van der Waals surface area contributed by atoms with E-state index in [1.807, 2.05) is 0 Å². The van der Waals surface area contributed by atoms with Crippen LogP contribution in [0.1, 0.15) is 15.9 Å². The number of methoxy groups -OCH3 is 1. The van der Waals surface area contributed by atoms with Gasteiger partial charge in [0.25, 0.3) is 5.91 Å². The lowest BCUT2D eigenvalue weighted by Gasteiger charge is -2.06. The maximum Gasteiger partial charge on any atom is 0.336 e. The van der Waals surface area contributed by atoms with Gasteiger partial charge >= 0.3 is 5.97 Å². The molecule has 2 rings (SSSR count). The van der Waals surface area contributed by atoms with Crippen molar-refractivity contribution in [3.63, 3.8) is 0 Å². The minimum Gasteiger partial charge on any atom is -0.497 e. The Morgan fingerprint density at radius 1 is 1.17 bits per heavy atom. The van der Waals surface area contributed by atoms with Crippen molar-refractivity contribution in [1.29, 1.82) is 0 Å². The molecule has 2 aromatic rings. The lowest BCUT2D eigenvalue weighted by atomic mass is 10.1. The van der Waals surface area contributed by atoms with Crippen molar-refractivity contribution < 1.29 is 19.4 Å². The molecule has 7 nitrogen and oxygen atoms in total. The molecule has 124 valence electrons. The molecular formula is C17H17N3O4. The minimum atomic E-state index is -1.05. The highest BCUT2D eigenvalue weighted by Crippen LogP contribution is 2.14. The first-order chi connectivity index (χ1) is 11.6. The second kappa shape index (κ2) is 8.33. The highest BCUT2D eigenvalue weighted by Gasteiger charge is 2.06. The van der Waals surface area contributed by atoms with Crippen molar-refractivity contribution in [2.24, 2.45) is 5.10 Å². The van der Waals surface area contributed by atoms with Gasteiger partial charge in [-0.1, -0.05) is 18.2 Å². The predicted octanol–water partition coefficient (Wildman–Crippen LogP) is 1.96. The van der Waals surface area contributed by atoms with Crippen LogP contribution in [-0.4, -0.2) is 36.9 Å². The molecule has 0 atom stereocenters. The van der Waals surface area contributed by atoms with E-state index in [2.05, 4.69) is 15.8 Å². The molecule has 0 aliphatic heterocycles. The van der Waals surface area contributed by atoms with Crippen LogP contribution in [0.15, 0.2) is 53.6 Å². The first kappa shape index (κ1) is 17.0. The summed E-state index contributed by atoms with van der Waals surface area (Å²) in [5.41, 5.74) is 3.64. The average molecular weight is 327 g/mol. The van der Waals surface area contributed by atoms with E-state index in [9.17, 15) is 9.59 Å². The fourth-order valence-electron chi connectivity index (χ4n) is 1.91. The van der Waals surface area contributed by atoms with Gasteiger partial charge in [0, 0.05) is 11.3 Å². The van der Waals surface area contributed by atoms with Crippen molar-refractivity contribution in [1.82, 2.24) is 5.43 Å². The third-order valence-corrected chi connectivity index (χ3v) is 3.13. The van der Waals surface area contributed by atoms with Crippen molar-refractivity contribution in [3.05, 3.63) is 59.7 Å². The van der Waals surface area contributed by atoms with Crippen molar-refractivity contribution >= 4 is 23.8 Å². The maximum absolute atomic E-state index is 11.7. The van der Waals surface area contributed by atoms with Gasteiger partial charge in [0.2, 0.25) is 0 Å². The van der Waals surface area contributed by atoms with Gasteiger partial charge in [-0.2, -0.15) is 5.10 Å². The molecule has 7 heteroatoms. The number of amides is 1. The van der Waals surface area contributed by atoms with Gasteiger partial charge in [0.15, 0.2) is 0 Å². The molecule has 0 aliphatic carbocycles. The Kier molecular flexibility index (Phi) is 5.90. The fourth-order valence-corrected chi connectivity index (χ4v) is 1.91. The SMILES string of the molecule is COc1ccc(NCC(=O)N/N=C/c2ccccc2C(=O)O)cc1. The molecule has 0 radical (unpaired) electrons. The summed E-state index contributed by atoms with van der Waals surface area (Å²) in [7, 11) is 1.58. The van der Waals surface area contributed by atoms with Gasteiger partial charge in [0.05, 0.1) is 25.4 Å². The number of carboxylic acid groups (broad SMARTS) is 1. The highest BCUT2D eigenvalue weighted by molar-refractivity contribution is 5.98. The number of ether oxygens (including phenoxy) is 1. The largest absolute Gasteiger partial charge is 0.497 e. The first-order valence-corrected chi connectivity index (χ1v) is 7.12. The van der Waals surface area contributed by atoms with Gasteiger partial charge in [-0.15, -0.1) is 0 Å². The highest BCUT2D eigenvalue weighted by atomic mass is 16.5. The van der Waals surface area contributed by atoms with E-state index >= 15 is 0 Å². The second-order valence-electron chi connectivity index (χ2n) is 4.77. The predicted molar refractivity (Wildman–Crippen MR) is 90.6 cm³/mol. The number of nitrogens with one attached hydrogen (secondary N) is 2. The van der Waals surface area contributed by atoms with E-state index in [4.69, 9.17) is 9.84 Å². The van der Waals surface area contributed by atoms with Crippen molar-refractivity contribution in [2.45, 2.75) is 0 Å². The summed E-state index contributed by atoms with van der Waals surface area (Å²) in [4.78, 5) is 22.8. The number of carbonyl (C=O) groups excluding carboxylic acids is 1. The Morgan fingerprint density at radius 2 is 1.88 bits per heavy atom. The molecule has 0 spiro atoms. The number of hydrogen-bond donors (Lipinski definition) is 3. The van der Waals surface area contributed by atoms with Crippen LogP contribution in [0.3, 0.4) is 0 Å². The smallest absolute Gasteiger partial charge is 0.336 e. The maximum atomic E-state index is 11.7. The Labute approximate surface area is 139 Å². The first-order valence-electron chi connectivity index (χ1n) is 7.12. The van der Waals surface area contributed by atoms with E-state index in [1.165, 1.54) is 12.3 Å². The third-order valence-electron chi connectivity index (χ3n) is 3.13. The lowest BCUT2D eigenvalue weighted by molar-refractivity contribution is -0.119. The summed E-state index contributed by atoms with van der Waals surface area (Å²) < 4.78 is 5.05. The van der Waals surface area contributed by atoms with Crippen LogP contribution in [-0.2, 0) is 4.79 Å². The molecule has 0 bridgehead atoms. The average Bonchev–Trinajstić information content (AvgIpc) is 2.60. The number of anilines is 1. The molecule has 0 heterocycles. The van der Waals surface area contributed by atoms with E-state index < -0.39 is 5.97 Å². The summed E-state index contributed by atoms with van der Waals surface area (Å²) >= 11 is 0. The van der Waals surface area contributed by atoms with Crippen LogP contribution >= 0.6 is 0 Å². The molecule has 1 amide bonds. The van der Waals surface area contributed by atoms with E-state index in [0.29, 0.717) is 5.56 Å². The van der Waals surface area contributed by atoms with Crippen LogP contribution in [0.2, 0.25) is 0 Å². The summed E-state index contributed by atoms with van der Waals surface area (Å²) in [5.74, 6) is -0.675. The zero-order chi connectivity index (χ0) is 17.4. The van der Waals surface area contributed by atoms with Crippen LogP contribution in [0, 0.1) is 0 Å². The topological polar surface area (TPSA) is 100 Å². The molecule has 3 N–H and O–H groups in total. The minimum absolute atomic E-state index is 0.0320. The van der Waals surface area contributed by atoms with E-state index in [1.54, 1.807) is 49.6 Å². The molecule has 24 heavy (non-hydrogen) atoms. The Hall–Kier alpha value is -3.35. The van der Waals surface area contributed by atoms with E-state index in [-0.39, 0.29) is 18.0 Å². The zero-order valence-corrected chi connectivity index (χ0v) is 13.0. The van der Waals surface area contributed by atoms with Gasteiger partial charge in [-0.25, -0.2) is 10.2 Å². The quantitative estimate of drug-likeness (QED) is 0.533. The third kappa shape index (κ3) is 4.84. The monoisotopic (exact) mass is 327 g/mol. The van der Waals surface area contributed by atoms with Gasteiger partial charge in [-0.3, -0.25) is 4.79 Å². The number of carboxylic acids is 1. The Bertz CT molecular complexity index is 742. The van der Waals surface area contributed by atoms with Gasteiger partial charge in [-0.05, 0) is 30.3 Å². The second-order valence-corrected chi connectivity index (χ2v) is 4.77. The molecule has 0 aliphatic rings. The number of benzene rings is 2. The van der Waals surface area contributed by atoms with Crippen LogP contribution in [0.5, 0.6) is 5.75 Å². The van der Waals surface area contributed by atoms with Crippen LogP contribution < -0.4 is 15.5 Å². The summed E-state index contributed by atoms with van der Waals surface area (Å²) in [6, 6.07) is 13.5. The lowest BCUT2D eigenvalue weighted by Crippen LogP contribution is -2.25. The summed E-state index contributed by atoms with van der Waals surface area (Å²) in [5, 5.41) is 15.8. The number of nitrogens with zero attached hydrogens (tertiary/aromatic N) is 1. The fraction of sp³-hybridized carbons (Fsp3) is 0.118.